The van der Waals surface area contributed by atoms with Gasteiger partial charge in [0.15, 0.2) is 0 Å². The highest BCUT2D eigenvalue weighted by molar-refractivity contribution is 5.76. The standard InChI is InChI=1S/C11H14N2O2/c1-8-4-11(5-8,10(14)15)6-9-7-12-2-3-13-9/h2-3,7-8H,4-6H2,1H3,(H,14,15). The molecule has 4 nitrogen and oxygen atoms in total. The van der Waals surface area contributed by atoms with Crippen LogP contribution < -0.4 is 0 Å². The van der Waals surface area contributed by atoms with Gasteiger partial charge in [-0.2, -0.15) is 0 Å². The van der Waals surface area contributed by atoms with E-state index in [9.17, 15) is 9.90 Å². The molecule has 0 unspecified atom stereocenters. The Balaban J connectivity index is 2.13. The number of aromatic nitrogens is 2. The first-order valence-electron chi connectivity index (χ1n) is 5.11. The quantitative estimate of drug-likeness (QED) is 0.814. The summed E-state index contributed by atoms with van der Waals surface area (Å²) in [5.74, 6) is -0.191. The summed E-state index contributed by atoms with van der Waals surface area (Å²) in [5.41, 5.74) is 0.182. The normalized spacial score (nSPS) is 29.5. The van der Waals surface area contributed by atoms with Crippen LogP contribution in [0.3, 0.4) is 0 Å². The van der Waals surface area contributed by atoms with Gasteiger partial charge >= 0.3 is 5.97 Å². The van der Waals surface area contributed by atoms with Crippen molar-refractivity contribution in [1.29, 1.82) is 0 Å². The van der Waals surface area contributed by atoms with Gasteiger partial charge in [-0.05, 0) is 18.8 Å². The highest BCUT2D eigenvalue weighted by Crippen LogP contribution is 2.47. The Hall–Kier alpha value is -1.45. The second-order valence-electron chi connectivity index (χ2n) is 4.47. The van der Waals surface area contributed by atoms with Gasteiger partial charge in [0.05, 0.1) is 11.1 Å². The van der Waals surface area contributed by atoms with Crippen LogP contribution in [0.25, 0.3) is 0 Å². The first-order valence-corrected chi connectivity index (χ1v) is 5.11. The summed E-state index contributed by atoms with van der Waals surface area (Å²) < 4.78 is 0. The number of carboxylic acids is 1. The predicted octanol–water partition coefficient (Wildman–Crippen LogP) is 1.52. The van der Waals surface area contributed by atoms with Crippen molar-refractivity contribution >= 4 is 5.97 Å². The van der Waals surface area contributed by atoms with E-state index in [4.69, 9.17) is 0 Å². The molecule has 80 valence electrons. The van der Waals surface area contributed by atoms with Crippen LogP contribution in [-0.2, 0) is 11.2 Å². The zero-order chi connectivity index (χ0) is 10.9. The summed E-state index contributed by atoms with van der Waals surface area (Å²) in [6.45, 7) is 2.08. The van der Waals surface area contributed by atoms with Crippen molar-refractivity contribution in [2.45, 2.75) is 26.2 Å². The molecule has 2 rings (SSSR count). The molecule has 1 saturated carbocycles. The van der Waals surface area contributed by atoms with Crippen molar-refractivity contribution in [1.82, 2.24) is 9.97 Å². The largest absolute Gasteiger partial charge is 0.481 e. The topological polar surface area (TPSA) is 63.1 Å². The lowest BCUT2D eigenvalue weighted by Crippen LogP contribution is -2.44. The minimum absolute atomic E-state index is 0.501. The molecular formula is C11H14N2O2. The fourth-order valence-electron chi connectivity index (χ4n) is 2.44. The maximum Gasteiger partial charge on any atom is 0.310 e. The number of nitrogens with zero attached hydrogens (tertiary/aromatic N) is 2. The first kappa shape index (κ1) is 10.1. The van der Waals surface area contributed by atoms with Gasteiger partial charge in [0.1, 0.15) is 0 Å². The highest BCUT2D eigenvalue weighted by Gasteiger charge is 2.48. The number of carboxylic acid groups (broad SMARTS) is 1. The van der Waals surface area contributed by atoms with Crippen molar-refractivity contribution in [3.8, 4) is 0 Å². The molecule has 0 radical (unpaired) electrons. The highest BCUT2D eigenvalue weighted by atomic mass is 16.4. The molecule has 15 heavy (non-hydrogen) atoms. The van der Waals surface area contributed by atoms with Gasteiger partial charge in [-0.15, -0.1) is 0 Å². The van der Waals surface area contributed by atoms with Crippen molar-refractivity contribution < 1.29 is 9.90 Å². The molecule has 0 saturated heterocycles. The number of carbonyl (C=O) groups is 1. The number of hydrogen-bond donors (Lipinski definition) is 1. The van der Waals surface area contributed by atoms with Crippen molar-refractivity contribution in [2.24, 2.45) is 11.3 Å². The number of hydrogen-bond acceptors (Lipinski definition) is 3. The van der Waals surface area contributed by atoms with E-state index in [1.807, 2.05) is 0 Å². The van der Waals surface area contributed by atoms with Crippen molar-refractivity contribution in [3.63, 3.8) is 0 Å². The Kier molecular flexibility index (Phi) is 2.42. The van der Waals surface area contributed by atoms with E-state index in [1.165, 1.54) is 0 Å². The molecule has 1 aliphatic rings. The Labute approximate surface area is 88.4 Å². The zero-order valence-corrected chi connectivity index (χ0v) is 8.68. The molecule has 0 atom stereocenters. The Morgan fingerprint density at radius 1 is 1.60 bits per heavy atom. The van der Waals surface area contributed by atoms with Crippen LogP contribution in [0.1, 0.15) is 25.5 Å². The van der Waals surface area contributed by atoms with E-state index in [-0.39, 0.29) is 0 Å². The predicted molar refractivity (Wildman–Crippen MR) is 54.2 cm³/mol. The molecule has 0 amide bonds. The summed E-state index contributed by atoms with van der Waals surface area (Å²) in [4.78, 5) is 19.3. The zero-order valence-electron chi connectivity index (χ0n) is 8.68. The van der Waals surface area contributed by atoms with E-state index in [0.29, 0.717) is 12.3 Å². The molecule has 1 fully saturated rings. The summed E-state index contributed by atoms with van der Waals surface area (Å²) in [6, 6.07) is 0. The Morgan fingerprint density at radius 2 is 2.33 bits per heavy atom. The van der Waals surface area contributed by atoms with Crippen molar-refractivity contribution in [3.05, 3.63) is 24.3 Å². The van der Waals surface area contributed by atoms with Gasteiger partial charge in [0, 0.05) is 25.0 Å². The van der Waals surface area contributed by atoms with E-state index in [0.717, 1.165) is 18.5 Å². The fraction of sp³-hybridized carbons (Fsp3) is 0.545. The fourth-order valence-corrected chi connectivity index (χ4v) is 2.44. The molecule has 1 heterocycles. The Bertz CT molecular complexity index is 358. The van der Waals surface area contributed by atoms with E-state index in [2.05, 4.69) is 16.9 Å². The lowest BCUT2D eigenvalue weighted by molar-refractivity contribution is -0.157. The van der Waals surface area contributed by atoms with Gasteiger partial charge in [-0.1, -0.05) is 6.92 Å². The summed E-state index contributed by atoms with van der Waals surface area (Å²) >= 11 is 0. The minimum Gasteiger partial charge on any atom is -0.481 e. The monoisotopic (exact) mass is 206 g/mol. The van der Waals surface area contributed by atoms with Crippen LogP contribution in [0.15, 0.2) is 18.6 Å². The second-order valence-corrected chi connectivity index (χ2v) is 4.47. The third kappa shape index (κ3) is 1.84. The number of aliphatic carboxylic acids is 1. The van der Waals surface area contributed by atoms with Crippen LogP contribution >= 0.6 is 0 Å². The average molecular weight is 206 g/mol. The van der Waals surface area contributed by atoms with Crippen LogP contribution in [0.2, 0.25) is 0 Å². The van der Waals surface area contributed by atoms with Gasteiger partial charge in [0.25, 0.3) is 0 Å². The Morgan fingerprint density at radius 3 is 2.80 bits per heavy atom. The minimum atomic E-state index is -0.703. The summed E-state index contributed by atoms with van der Waals surface area (Å²) in [5, 5.41) is 9.21. The lowest BCUT2D eigenvalue weighted by atomic mass is 9.60. The molecule has 0 bridgehead atoms. The van der Waals surface area contributed by atoms with Crippen LogP contribution in [0.5, 0.6) is 0 Å². The molecule has 0 spiro atoms. The van der Waals surface area contributed by atoms with Crippen LogP contribution in [0.4, 0.5) is 0 Å². The summed E-state index contributed by atoms with van der Waals surface area (Å²) in [7, 11) is 0. The van der Waals surface area contributed by atoms with Gasteiger partial charge in [0.2, 0.25) is 0 Å². The maximum absolute atomic E-state index is 11.2. The number of rotatable bonds is 3. The van der Waals surface area contributed by atoms with Crippen LogP contribution in [0, 0.1) is 11.3 Å². The smallest absolute Gasteiger partial charge is 0.310 e. The average Bonchev–Trinajstić information content (AvgIpc) is 2.16. The molecule has 1 aliphatic carbocycles. The molecule has 1 aromatic rings. The first-order chi connectivity index (χ1) is 7.12. The van der Waals surface area contributed by atoms with Gasteiger partial charge < -0.3 is 5.11 Å². The van der Waals surface area contributed by atoms with Crippen LogP contribution in [-0.4, -0.2) is 21.0 Å². The van der Waals surface area contributed by atoms with Gasteiger partial charge in [-0.3, -0.25) is 14.8 Å². The van der Waals surface area contributed by atoms with E-state index in [1.54, 1.807) is 18.6 Å². The third-order valence-electron chi connectivity index (χ3n) is 3.07. The lowest BCUT2D eigenvalue weighted by Gasteiger charge is -2.42. The molecule has 0 aliphatic heterocycles. The van der Waals surface area contributed by atoms with Crippen molar-refractivity contribution in [2.75, 3.05) is 0 Å². The SMILES string of the molecule is CC1CC(Cc2cnccn2)(C(=O)O)C1. The molecule has 4 heteroatoms. The second kappa shape index (κ2) is 3.61. The van der Waals surface area contributed by atoms with Gasteiger partial charge in [-0.25, -0.2) is 0 Å². The van der Waals surface area contributed by atoms with E-state index < -0.39 is 11.4 Å². The van der Waals surface area contributed by atoms with E-state index >= 15 is 0 Å². The molecule has 1 N–H and O–H groups in total. The molecular weight excluding hydrogens is 192 g/mol. The summed E-state index contributed by atoms with van der Waals surface area (Å²) in [6.07, 6.45) is 6.85. The molecule has 1 aromatic heterocycles. The molecule has 0 aromatic carbocycles. The third-order valence-corrected chi connectivity index (χ3v) is 3.07. The maximum atomic E-state index is 11.2.